The van der Waals surface area contributed by atoms with Crippen molar-refractivity contribution in [2.45, 2.75) is 46.5 Å². The number of hydrogen-bond acceptors (Lipinski definition) is 11. The van der Waals surface area contributed by atoms with Crippen LogP contribution in [0.3, 0.4) is 0 Å². The largest absolute Gasteiger partial charge is 0.494 e. The van der Waals surface area contributed by atoms with Gasteiger partial charge in [0.25, 0.3) is 0 Å². The van der Waals surface area contributed by atoms with E-state index in [2.05, 4.69) is 13.2 Å². The van der Waals surface area contributed by atoms with Gasteiger partial charge < -0.3 is 33.2 Å². The van der Waals surface area contributed by atoms with E-state index in [9.17, 15) is 19.2 Å². The lowest BCUT2D eigenvalue weighted by Gasteiger charge is -2.14. The molecular weight excluding hydrogens is 632 g/mol. The van der Waals surface area contributed by atoms with Crippen LogP contribution < -0.4 is 23.7 Å². The Labute approximate surface area is 286 Å². The van der Waals surface area contributed by atoms with Gasteiger partial charge in [0.15, 0.2) is 11.5 Å². The molecule has 0 saturated heterocycles. The first kappa shape index (κ1) is 37.9. The Balaban J connectivity index is 1.55. The van der Waals surface area contributed by atoms with Crippen molar-refractivity contribution >= 4 is 23.9 Å². The van der Waals surface area contributed by atoms with E-state index in [-0.39, 0.29) is 37.1 Å². The zero-order chi connectivity index (χ0) is 35.6. The number of unbranched alkanes of at least 4 members (excludes halogenated alkanes) is 2. The molecule has 0 saturated carbocycles. The molecule has 0 atom stereocenters. The minimum atomic E-state index is -0.590. The third-order valence-corrected chi connectivity index (χ3v) is 6.90. The first-order chi connectivity index (χ1) is 23.6. The maximum atomic E-state index is 13.1. The summed E-state index contributed by atoms with van der Waals surface area (Å²) in [6.07, 6.45) is 4.90. The Morgan fingerprint density at radius 2 is 1.04 bits per heavy atom. The summed E-state index contributed by atoms with van der Waals surface area (Å²) in [5.41, 5.74) is 2.02. The lowest BCUT2D eigenvalue weighted by molar-refractivity contribution is -0.138. The van der Waals surface area contributed by atoms with E-state index in [0.717, 1.165) is 12.2 Å². The van der Waals surface area contributed by atoms with E-state index >= 15 is 0 Å². The molecule has 0 heterocycles. The second-order valence-corrected chi connectivity index (χ2v) is 10.6. The van der Waals surface area contributed by atoms with Gasteiger partial charge in [-0.2, -0.15) is 0 Å². The van der Waals surface area contributed by atoms with Gasteiger partial charge in [-0.1, -0.05) is 13.2 Å². The van der Waals surface area contributed by atoms with Crippen LogP contribution in [0.25, 0.3) is 0 Å². The number of benzene rings is 3. The summed E-state index contributed by atoms with van der Waals surface area (Å²) in [5, 5.41) is 0. The monoisotopic (exact) mass is 674 g/mol. The van der Waals surface area contributed by atoms with Gasteiger partial charge in [-0.05, 0) is 106 Å². The molecule has 0 N–H and O–H groups in total. The molecule has 49 heavy (non-hydrogen) atoms. The van der Waals surface area contributed by atoms with Crippen LogP contribution in [0.5, 0.6) is 28.7 Å². The predicted octanol–water partition coefficient (Wildman–Crippen LogP) is 6.92. The lowest BCUT2D eigenvalue weighted by atomic mass is 10.1. The molecular formula is C38H42O11. The molecule has 0 unspecified atom stereocenters. The smallest absolute Gasteiger partial charge is 0.343 e. The highest BCUT2D eigenvalue weighted by molar-refractivity contribution is 5.94. The van der Waals surface area contributed by atoms with Crippen molar-refractivity contribution in [3.63, 3.8) is 0 Å². The van der Waals surface area contributed by atoms with Gasteiger partial charge in [-0.25, -0.2) is 19.2 Å². The van der Waals surface area contributed by atoms with Crippen molar-refractivity contribution in [1.82, 2.24) is 0 Å². The topological polar surface area (TPSA) is 133 Å². The van der Waals surface area contributed by atoms with Gasteiger partial charge in [-0.3, -0.25) is 0 Å². The maximum absolute atomic E-state index is 13.1. The predicted molar refractivity (Wildman–Crippen MR) is 182 cm³/mol. The summed E-state index contributed by atoms with van der Waals surface area (Å²) in [7, 11) is 0. The molecule has 0 spiro atoms. The first-order valence-corrected chi connectivity index (χ1v) is 15.9. The van der Waals surface area contributed by atoms with E-state index < -0.39 is 23.9 Å². The number of aryl methyl sites for hydroxylation is 2. The molecule has 0 aliphatic heterocycles. The number of rotatable bonds is 20. The fourth-order valence-corrected chi connectivity index (χ4v) is 4.38. The Hall–Kier alpha value is -5.58. The van der Waals surface area contributed by atoms with Crippen LogP contribution in [0, 0.1) is 13.8 Å². The van der Waals surface area contributed by atoms with Gasteiger partial charge in [0, 0.05) is 18.2 Å². The van der Waals surface area contributed by atoms with E-state index in [1.165, 1.54) is 18.2 Å². The van der Waals surface area contributed by atoms with Crippen LogP contribution in [-0.4, -0.2) is 56.9 Å². The van der Waals surface area contributed by atoms with Crippen LogP contribution in [0.15, 0.2) is 79.9 Å². The molecule has 3 aromatic carbocycles. The lowest BCUT2D eigenvalue weighted by Crippen LogP contribution is -2.13. The molecule has 0 aromatic heterocycles. The van der Waals surface area contributed by atoms with Crippen LogP contribution in [0.4, 0.5) is 0 Å². The number of carbonyl (C=O) groups is 4. The average Bonchev–Trinajstić information content (AvgIpc) is 3.08. The normalized spacial score (nSPS) is 10.3. The third kappa shape index (κ3) is 12.5. The summed E-state index contributed by atoms with van der Waals surface area (Å²) in [4.78, 5) is 48.3. The molecule has 0 bridgehead atoms. The van der Waals surface area contributed by atoms with Crippen molar-refractivity contribution < 1.29 is 52.3 Å². The first-order valence-electron chi connectivity index (χ1n) is 15.9. The molecule has 0 amide bonds. The van der Waals surface area contributed by atoms with Crippen molar-refractivity contribution in [1.29, 1.82) is 0 Å². The quantitative estimate of drug-likeness (QED) is 0.0535. The minimum absolute atomic E-state index is 0.167. The molecule has 0 aliphatic rings. The Kier molecular flexibility index (Phi) is 15.4. The molecule has 0 aliphatic carbocycles. The van der Waals surface area contributed by atoms with Crippen LogP contribution >= 0.6 is 0 Å². The van der Waals surface area contributed by atoms with E-state index in [0.29, 0.717) is 72.6 Å². The highest BCUT2D eigenvalue weighted by Crippen LogP contribution is 2.33. The van der Waals surface area contributed by atoms with Crippen molar-refractivity contribution in [2.75, 3.05) is 33.0 Å². The zero-order valence-corrected chi connectivity index (χ0v) is 28.1. The van der Waals surface area contributed by atoms with Crippen LogP contribution in [-0.2, 0) is 19.1 Å². The number of hydrogen-bond donors (Lipinski definition) is 0. The molecule has 3 rings (SSSR count). The second kappa shape index (κ2) is 19.9. The summed E-state index contributed by atoms with van der Waals surface area (Å²) in [6.45, 7) is 13.7. The Morgan fingerprint density at radius 1 is 0.571 bits per heavy atom. The highest BCUT2D eigenvalue weighted by atomic mass is 16.6. The van der Waals surface area contributed by atoms with Gasteiger partial charge >= 0.3 is 23.9 Å². The molecule has 11 nitrogen and oxygen atoms in total. The number of ether oxygens (including phenoxy) is 7. The van der Waals surface area contributed by atoms with E-state index in [1.807, 2.05) is 0 Å². The number of esters is 4. The third-order valence-electron chi connectivity index (χ3n) is 6.90. The average molecular weight is 675 g/mol. The highest BCUT2D eigenvalue weighted by Gasteiger charge is 2.18. The van der Waals surface area contributed by atoms with Gasteiger partial charge in [0.05, 0.1) is 44.2 Å². The van der Waals surface area contributed by atoms with E-state index in [4.69, 9.17) is 33.2 Å². The van der Waals surface area contributed by atoms with Gasteiger partial charge in [0.1, 0.15) is 17.2 Å². The summed E-state index contributed by atoms with van der Waals surface area (Å²) in [6, 6.07) is 14.6. The van der Waals surface area contributed by atoms with Crippen LogP contribution in [0.2, 0.25) is 0 Å². The minimum Gasteiger partial charge on any atom is -0.494 e. The summed E-state index contributed by atoms with van der Waals surface area (Å²) >= 11 is 0. The van der Waals surface area contributed by atoms with Crippen molar-refractivity contribution in [3.05, 3.63) is 102 Å². The fourth-order valence-electron chi connectivity index (χ4n) is 4.38. The van der Waals surface area contributed by atoms with E-state index in [1.54, 1.807) is 57.2 Å². The molecule has 260 valence electrons. The molecule has 11 heteroatoms. The summed E-state index contributed by atoms with van der Waals surface area (Å²) in [5.74, 6) is -0.274. The van der Waals surface area contributed by atoms with Crippen molar-refractivity contribution in [3.8, 4) is 28.7 Å². The summed E-state index contributed by atoms with van der Waals surface area (Å²) < 4.78 is 38.4. The molecule has 0 radical (unpaired) electrons. The van der Waals surface area contributed by atoms with Gasteiger partial charge in [-0.15, -0.1) is 0 Å². The van der Waals surface area contributed by atoms with Gasteiger partial charge in [0.2, 0.25) is 0 Å². The molecule has 0 fully saturated rings. The maximum Gasteiger partial charge on any atom is 0.343 e. The van der Waals surface area contributed by atoms with Crippen LogP contribution in [0.1, 0.15) is 64.4 Å². The second-order valence-electron chi connectivity index (χ2n) is 10.6. The Bertz CT molecular complexity index is 1630. The number of carbonyl (C=O) groups excluding carboxylic acids is 4. The molecule has 3 aromatic rings. The Morgan fingerprint density at radius 3 is 1.51 bits per heavy atom. The van der Waals surface area contributed by atoms with Crippen molar-refractivity contribution in [2.24, 2.45) is 0 Å². The standard InChI is InChI=1S/C38H42O11/c1-6-35(39)46-21-11-9-19-44-28-13-16-31(26(4)23-28)37(41)48-30-15-18-33(34(25-30)43-8-3)49-38(42)32-17-14-29(24-27(32)5)45-20-10-12-22-47-36(40)7-2/h6-7,13-18,23-25H,1-2,8-12,19-22H2,3-5H3. The SMILES string of the molecule is C=CC(=O)OCCCCOc1ccc(C(=O)Oc2ccc(OC(=O)c3ccc(OCCCCOC(=O)C=C)cc3C)c(OCC)c2)c(C)c1. The zero-order valence-electron chi connectivity index (χ0n) is 28.1. The fraction of sp³-hybridized carbons (Fsp3) is 0.316.